The number of fused-ring (bicyclic) bond motifs is 5. The van der Waals surface area contributed by atoms with Crippen molar-refractivity contribution in [2.24, 2.45) is 7.05 Å². The molecule has 0 bridgehead atoms. The summed E-state index contributed by atoms with van der Waals surface area (Å²) in [7, 11) is 1.97. The molecule has 4 aromatic rings. The molecule has 1 aliphatic heterocycles. The molecule has 0 amide bonds. The number of nitrogens with zero attached hydrogens (tertiary/aromatic N) is 1. The van der Waals surface area contributed by atoms with E-state index in [1.807, 2.05) is 55.8 Å². The maximum Gasteiger partial charge on any atom is 0.201 e. The SMILES string of the molecule is Cn1c2cc3ccccc3cc2c(=O)c2c(O)c(CCCCCCI)c3c(c21)C=CC(C)(C)O3. The highest BCUT2D eigenvalue weighted by atomic mass is 127. The van der Waals surface area contributed by atoms with Gasteiger partial charge in [0.15, 0.2) is 0 Å². The van der Waals surface area contributed by atoms with Crippen molar-refractivity contribution in [2.75, 3.05) is 4.43 Å². The third-order valence-corrected chi connectivity index (χ3v) is 7.66. The van der Waals surface area contributed by atoms with Crippen LogP contribution in [0.3, 0.4) is 0 Å². The van der Waals surface area contributed by atoms with Crippen LogP contribution in [0.1, 0.15) is 50.7 Å². The summed E-state index contributed by atoms with van der Waals surface area (Å²) in [6.07, 6.45) is 9.20. The number of aromatic hydroxyl groups is 1. The summed E-state index contributed by atoms with van der Waals surface area (Å²) >= 11 is 2.41. The van der Waals surface area contributed by atoms with Crippen LogP contribution in [0.4, 0.5) is 0 Å². The molecule has 0 fully saturated rings. The molecule has 4 nitrogen and oxygen atoms in total. The first-order valence-corrected chi connectivity index (χ1v) is 13.5. The van der Waals surface area contributed by atoms with E-state index in [0.29, 0.717) is 22.9 Å². The normalized spacial score (nSPS) is 14.6. The molecule has 0 atom stereocenters. The number of unbranched alkanes of at least 4 members (excludes halogenated alkanes) is 3. The van der Waals surface area contributed by atoms with Crippen molar-refractivity contribution >= 4 is 61.2 Å². The van der Waals surface area contributed by atoms with Crippen LogP contribution in [0.5, 0.6) is 11.5 Å². The number of halogens is 1. The molecule has 1 N–H and O–H groups in total. The summed E-state index contributed by atoms with van der Waals surface area (Å²) in [5, 5.41) is 14.6. The van der Waals surface area contributed by atoms with E-state index in [4.69, 9.17) is 4.74 Å². The van der Waals surface area contributed by atoms with Gasteiger partial charge >= 0.3 is 0 Å². The molecule has 3 aromatic carbocycles. The number of pyridine rings is 1. The van der Waals surface area contributed by atoms with Gasteiger partial charge in [0.05, 0.1) is 16.4 Å². The Kier molecular flexibility index (Phi) is 6.09. The summed E-state index contributed by atoms with van der Waals surface area (Å²) in [6.45, 7) is 4.03. The average molecular weight is 567 g/mol. The minimum atomic E-state index is -0.477. The zero-order valence-corrected chi connectivity index (χ0v) is 22.1. The van der Waals surface area contributed by atoms with Crippen LogP contribution in [-0.2, 0) is 13.5 Å². The summed E-state index contributed by atoms with van der Waals surface area (Å²) in [6, 6.07) is 12.1. The molecule has 0 aliphatic carbocycles. The Labute approximate surface area is 213 Å². The van der Waals surface area contributed by atoms with Crippen LogP contribution in [0.25, 0.3) is 38.7 Å². The number of alkyl halides is 1. The lowest BCUT2D eigenvalue weighted by molar-refractivity contribution is 0.157. The third-order valence-electron chi connectivity index (χ3n) is 6.89. The summed E-state index contributed by atoms with van der Waals surface area (Å²) in [5.74, 6) is 0.783. The van der Waals surface area contributed by atoms with Crippen molar-refractivity contribution in [3.8, 4) is 11.5 Å². The highest BCUT2D eigenvalue weighted by Gasteiger charge is 2.30. The fourth-order valence-electron chi connectivity index (χ4n) is 5.12. The lowest BCUT2D eigenvalue weighted by atomic mass is 9.92. The van der Waals surface area contributed by atoms with E-state index >= 15 is 0 Å². The van der Waals surface area contributed by atoms with Crippen LogP contribution < -0.4 is 10.2 Å². The van der Waals surface area contributed by atoms with Crippen molar-refractivity contribution in [3.05, 3.63) is 63.8 Å². The minimum absolute atomic E-state index is 0.0735. The topological polar surface area (TPSA) is 51.5 Å². The lowest BCUT2D eigenvalue weighted by Gasteiger charge is -2.31. The molecule has 0 radical (unpaired) electrons. The van der Waals surface area contributed by atoms with Gasteiger partial charge in [-0.15, -0.1) is 0 Å². The second-order valence-corrected chi connectivity index (χ2v) is 10.9. The predicted molar refractivity (Wildman–Crippen MR) is 151 cm³/mol. The molecule has 5 rings (SSSR count). The zero-order valence-electron chi connectivity index (χ0n) is 20.0. The highest BCUT2D eigenvalue weighted by Crippen LogP contribution is 2.45. The van der Waals surface area contributed by atoms with E-state index in [-0.39, 0.29) is 11.2 Å². The van der Waals surface area contributed by atoms with Gasteiger partial charge < -0.3 is 14.4 Å². The Bertz CT molecular complexity index is 1510. The van der Waals surface area contributed by atoms with Crippen molar-refractivity contribution in [1.29, 1.82) is 0 Å². The van der Waals surface area contributed by atoms with Gasteiger partial charge in [0.25, 0.3) is 0 Å². The van der Waals surface area contributed by atoms with Crippen molar-refractivity contribution < 1.29 is 9.84 Å². The van der Waals surface area contributed by atoms with Gasteiger partial charge in [-0.3, -0.25) is 4.79 Å². The van der Waals surface area contributed by atoms with Gasteiger partial charge in [-0.05, 0) is 72.6 Å². The Morgan fingerprint density at radius 1 is 1.06 bits per heavy atom. The maximum atomic E-state index is 13.8. The van der Waals surface area contributed by atoms with Crippen LogP contribution in [0.15, 0.2) is 47.3 Å². The van der Waals surface area contributed by atoms with Crippen LogP contribution >= 0.6 is 22.6 Å². The van der Waals surface area contributed by atoms with E-state index < -0.39 is 5.60 Å². The second-order valence-electron chi connectivity index (χ2n) is 9.79. The van der Waals surface area contributed by atoms with Gasteiger partial charge in [-0.1, -0.05) is 59.7 Å². The van der Waals surface area contributed by atoms with E-state index in [2.05, 4.69) is 40.8 Å². The molecule has 0 spiro atoms. The van der Waals surface area contributed by atoms with Crippen LogP contribution in [0.2, 0.25) is 0 Å². The van der Waals surface area contributed by atoms with E-state index in [9.17, 15) is 9.90 Å². The molecule has 176 valence electrons. The van der Waals surface area contributed by atoms with E-state index in [1.54, 1.807) is 0 Å². The Morgan fingerprint density at radius 3 is 2.50 bits per heavy atom. The quantitative estimate of drug-likeness (QED) is 0.115. The summed E-state index contributed by atoms with van der Waals surface area (Å²) in [4.78, 5) is 13.8. The molecule has 1 aliphatic rings. The second kappa shape index (κ2) is 8.91. The standard InChI is InChI=1S/C29H30INO3/c1-29(2)14-13-20-25-24(26(32)21(28(20)34-29)12-6-4-5-9-15-30)27(33)22-16-18-10-7-8-11-19(18)17-23(22)31(25)3/h7-8,10-11,13-14,16-17,32H,4-6,9,12,15H2,1-3H3. The molecular formula is C29H30INO3. The number of phenols is 1. The molecule has 2 heterocycles. The maximum absolute atomic E-state index is 13.8. The van der Waals surface area contributed by atoms with Gasteiger partial charge in [0, 0.05) is 23.6 Å². The number of aromatic nitrogens is 1. The molecule has 0 saturated heterocycles. The van der Waals surface area contributed by atoms with Gasteiger partial charge in [0.2, 0.25) is 5.43 Å². The van der Waals surface area contributed by atoms with Gasteiger partial charge in [0.1, 0.15) is 17.1 Å². The minimum Gasteiger partial charge on any atom is -0.507 e. The smallest absolute Gasteiger partial charge is 0.201 e. The summed E-state index contributed by atoms with van der Waals surface area (Å²) < 4.78 is 9.63. The first-order chi connectivity index (χ1) is 16.3. The third kappa shape index (κ3) is 3.88. The van der Waals surface area contributed by atoms with Crippen molar-refractivity contribution in [1.82, 2.24) is 4.57 Å². The molecule has 5 heteroatoms. The van der Waals surface area contributed by atoms with Crippen molar-refractivity contribution in [2.45, 2.75) is 51.6 Å². The van der Waals surface area contributed by atoms with Crippen LogP contribution in [0, 0.1) is 0 Å². The first kappa shape index (κ1) is 23.2. The Hall–Kier alpha value is -2.54. The monoisotopic (exact) mass is 567 g/mol. The van der Waals surface area contributed by atoms with Gasteiger partial charge in [-0.25, -0.2) is 0 Å². The number of ether oxygens (including phenoxy) is 1. The lowest BCUT2D eigenvalue weighted by Crippen LogP contribution is -2.29. The average Bonchev–Trinajstić information content (AvgIpc) is 2.82. The van der Waals surface area contributed by atoms with E-state index in [1.165, 1.54) is 12.8 Å². The molecule has 1 aromatic heterocycles. The first-order valence-electron chi connectivity index (χ1n) is 12.0. The number of rotatable bonds is 6. The molecular weight excluding hydrogens is 537 g/mol. The predicted octanol–water partition coefficient (Wildman–Crippen LogP) is 7.27. The number of phenolic OH excluding ortho intramolecular Hbond substituents is 1. The largest absolute Gasteiger partial charge is 0.507 e. The Morgan fingerprint density at radius 2 is 1.76 bits per heavy atom. The van der Waals surface area contributed by atoms with Crippen molar-refractivity contribution in [3.63, 3.8) is 0 Å². The fourth-order valence-corrected chi connectivity index (χ4v) is 5.65. The van der Waals surface area contributed by atoms with Gasteiger partial charge in [-0.2, -0.15) is 0 Å². The fraction of sp³-hybridized carbons (Fsp3) is 0.345. The number of hydrogen-bond acceptors (Lipinski definition) is 3. The summed E-state index contributed by atoms with van der Waals surface area (Å²) in [5.41, 5.74) is 2.60. The number of hydrogen-bond donors (Lipinski definition) is 1. The zero-order chi connectivity index (χ0) is 24.0. The highest BCUT2D eigenvalue weighted by molar-refractivity contribution is 14.1. The molecule has 0 unspecified atom stereocenters. The molecule has 34 heavy (non-hydrogen) atoms. The van der Waals surface area contributed by atoms with Crippen LogP contribution in [-0.4, -0.2) is 19.7 Å². The number of benzene rings is 3. The Balaban J connectivity index is 1.81. The number of aryl methyl sites for hydroxylation is 1. The van der Waals surface area contributed by atoms with E-state index in [0.717, 1.165) is 50.2 Å². The molecule has 0 saturated carbocycles.